The first kappa shape index (κ1) is 38.3. The minimum absolute atomic E-state index is 0.00431. The van der Waals surface area contributed by atoms with Crippen molar-refractivity contribution in [3.8, 4) is 55.6 Å². The van der Waals surface area contributed by atoms with Gasteiger partial charge in [-0.3, -0.25) is 0 Å². The van der Waals surface area contributed by atoms with Gasteiger partial charge in [-0.05, 0) is 137 Å². The maximum absolute atomic E-state index is 2.42. The van der Waals surface area contributed by atoms with Crippen molar-refractivity contribution in [1.29, 1.82) is 0 Å². The SMILES string of the molecule is CC1(C)c2ccccc2-c2ccc(N(c3ccc(-c4ccccc4)cc3)c3ccc(-c4ccc(-c5ccc(-c6ccccc6)c6c5C5c7ccccc7C57c5ccccc5C67)cc4)cc3)cc21. The van der Waals surface area contributed by atoms with Gasteiger partial charge in [0.15, 0.2) is 0 Å². The van der Waals surface area contributed by atoms with Crippen LogP contribution >= 0.6 is 0 Å². The minimum atomic E-state index is -0.0980. The molecule has 0 saturated heterocycles. The minimum Gasteiger partial charge on any atom is -0.310 e. The third kappa shape index (κ3) is 5.31. The van der Waals surface area contributed by atoms with Gasteiger partial charge in [-0.1, -0.05) is 214 Å². The van der Waals surface area contributed by atoms with E-state index in [9.17, 15) is 0 Å². The molecule has 1 heteroatoms. The first-order chi connectivity index (χ1) is 33.0. The van der Waals surface area contributed by atoms with Crippen LogP contribution < -0.4 is 4.90 Å². The second kappa shape index (κ2) is 14.2. The molecule has 3 unspecified atom stereocenters. The number of nitrogens with zero attached hydrogens (tertiary/aromatic N) is 1. The quantitative estimate of drug-likeness (QED) is 0.154. The summed E-state index contributed by atoms with van der Waals surface area (Å²) in [4.78, 5) is 2.41. The van der Waals surface area contributed by atoms with Crippen molar-refractivity contribution >= 4 is 17.1 Å². The zero-order valence-corrected chi connectivity index (χ0v) is 37.6. The smallest absolute Gasteiger partial charge is 0.0465 e. The van der Waals surface area contributed by atoms with E-state index in [4.69, 9.17) is 0 Å². The van der Waals surface area contributed by atoms with Gasteiger partial charge in [0, 0.05) is 39.7 Å². The van der Waals surface area contributed by atoms with E-state index in [1.165, 1.54) is 100 Å². The molecule has 4 aliphatic carbocycles. The van der Waals surface area contributed by atoms with Gasteiger partial charge in [0.25, 0.3) is 0 Å². The fourth-order valence-electron chi connectivity index (χ4n) is 13.0. The second-order valence-electron chi connectivity index (χ2n) is 19.5. The van der Waals surface area contributed by atoms with Gasteiger partial charge < -0.3 is 4.90 Å². The molecule has 0 bridgehead atoms. The molecule has 14 rings (SSSR count). The second-order valence-corrected chi connectivity index (χ2v) is 19.5. The molecule has 0 amide bonds. The Labute approximate surface area is 393 Å². The maximum Gasteiger partial charge on any atom is 0.0465 e. The molecule has 0 heterocycles. The van der Waals surface area contributed by atoms with E-state index in [2.05, 4.69) is 255 Å². The summed E-state index contributed by atoms with van der Waals surface area (Å²) in [5.41, 5.74) is 27.9. The van der Waals surface area contributed by atoms with E-state index >= 15 is 0 Å². The van der Waals surface area contributed by atoms with Crippen molar-refractivity contribution in [3.05, 3.63) is 281 Å². The molecule has 316 valence electrons. The first-order valence-corrected chi connectivity index (χ1v) is 23.8. The van der Waals surface area contributed by atoms with Gasteiger partial charge in [0.1, 0.15) is 0 Å². The highest BCUT2D eigenvalue weighted by atomic mass is 15.1. The van der Waals surface area contributed by atoms with Crippen LogP contribution in [0.5, 0.6) is 0 Å². The maximum atomic E-state index is 2.42. The van der Waals surface area contributed by atoms with Crippen LogP contribution in [-0.4, -0.2) is 0 Å². The van der Waals surface area contributed by atoms with Crippen molar-refractivity contribution in [1.82, 2.24) is 0 Å². The lowest BCUT2D eigenvalue weighted by Gasteiger charge is -2.58. The summed E-state index contributed by atoms with van der Waals surface area (Å²) in [5, 5.41) is 0. The molecule has 3 atom stereocenters. The normalized spacial score (nSPS) is 18.2. The van der Waals surface area contributed by atoms with Crippen LogP contribution in [0.15, 0.2) is 237 Å². The molecule has 0 saturated carbocycles. The molecule has 4 aliphatic rings. The molecule has 0 aliphatic heterocycles. The lowest BCUT2D eigenvalue weighted by Crippen LogP contribution is -2.52. The molecule has 0 fully saturated rings. The topological polar surface area (TPSA) is 3.24 Å². The number of fused-ring (bicyclic) bond motifs is 10. The van der Waals surface area contributed by atoms with Crippen LogP contribution in [0.4, 0.5) is 17.1 Å². The van der Waals surface area contributed by atoms with Crippen molar-refractivity contribution in [2.45, 2.75) is 36.5 Å². The van der Waals surface area contributed by atoms with Crippen LogP contribution in [0.25, 0.3) is 55.6 Å². The predicted octanol–water partition coefficient (Wildman–Crippen LogP) is 17.0. The third-order valence-electron chi connectivity index (χ3n) is 16.0. The Balaban J connectivity index is 0.841. The van der Waals surface area contributed by atoms with Gasteiger partial charge in [-0.15, -0.1) is 0 Å². The number of hydrogen-bond donors (Lipinski definition) is 0. The van der Waals surface area contributed by atoms with Crippen molar-refractivity contribution < 1.29 is 0 Å². The molecule has 1 spiro atoms. The summed E-state index contributed by atoms with van der Waals surface area (Å²) < 4.78 is 0. The average Bonchev–Trinajstić information content (AvgIpc) is 3.75. The number of anilines is 3. The lowest BCUT2D eigenvalue weighted by molar-refractivity contribution is 0.333. The van der Waals surface area contributed by atoms with Gasteiger partial charge in [0.2, 0.25) is 0 Å². The van der Waals surface area contributed by atoms with Gasteiger partial charge in [-0.2, -0.15) is 0 Å². The standard InChI is InChI=1S/C66H47N/c1-65(2)57-22-12-9-19-53(57)54-38-37-50(41-60(54)65)67(48-33-29-44(30-34-48)42-15-5-3-6-16-42)49-35-31-45(32-36-49)43-25-27-47(28-26-43)52-40-39-51(46-17-7-4-8-18-46)61-62(52)64-56-21-11-14-24-59(56)66(64)58-23-13-10-20-55(58)63(61)66/h3-41,63-64H,1-2H3. The molecule has 1 nitrogen and oxygen atoms in total. The van der Waals surface area contributed by atoms with Gasteiger partial charge in [0.05, 0.1) is 0 Å². The highest BCUT2D eigenvalue weighted by molar-refractivity contribution is 5.91. The first-order valence-electron chi connectivity index (χ1n) is 23.8. The summed E-state index contributed by atoms with van der Waals surface area (Å²) in [7, 11) is 0. The average molecular weight is 854 g/mol. The monoisotopic (exact) mass is 853 g/mol. The molecule has 10 aromatic carbocycles. The van der Waals surface area contributed by atoms with E-state index in [0.717, 1.165) is 17.1 Å². The Hall–Kier alpha value is -8.00. The lowest BCUT2D eigenvalue weighted by atomic mass is 9.43. The molecule has 0 radical (unpaired) electrons. The van der Waals surface area contributed by atoms with Crippen LogP contribution in [-0.2, 0) is 10.8 Å². The van der Waals surface area contributed by atoms with Crippen LogP contribution in [0.2, 0.25) is 0 Å². The summed E-state index contributed by atoms with van der Waals surface area (Å²) in [6, 6.07) is 88.5. The van der Waals surface area contributed by atoms with E-state index in [-0.39, 0.29) is 10.8 Å². The van der Waals surface area contributed by atoms with Crippen LogP contribution in [0.1, 0.15) is 70.2 Å². The highest BCUT2D eigenvalue weighted by Crippen LogP contribution is 2.78. The molecule has 0 aromatic heterocycles. The Morgan fingerprint density at radius 1 is 0.299 bits per heavy atom. The Bertz CT molecular complexity index is 3580. The van der Waals surface area contributed by atoms with Gasteiger partial charge in [-0.25, -0.2) is 0 Å². The number of rotatable bonds is 7. The summed E-state index contributed by atoms with van der Waals surface area (Å²) in [5.74, 6) is 0.668. The molecular formula is C66H47N. The van der Waals surface area contributed by atoms with Gasteiger partial charge >= 0.3 is 0 Å². The fourth-order valence-corrected chi connectivity index (χ4v) is 13.0. The number of benzene rings is 10. The molecule has 10 aromatic rings. The van der Waals surface area contributed by atoms with E-state index < -0.39 is 0 Å². The Morgan fingerprint density at radius 2 is 0.672 bits per heavy atom. The summed E-state index contributed by atoms with van der Waals surface area (Å²) in [6.45, 7) is 4.72. The fraction of sp³-hybridized carbons (Fsp3) is 0.0909. The predicted molar refractivity (Wildman–Crippen MR) is 278 cm³/mol. The zero-order valence-electron chi connectivity index (χ0n) is 37.6. The van der Waals surface area contributed by atoms with Crippen molar-refractivity contribution in [2.75, 3.05) is 4.90 Å². The summed E-state index contributed by atoms with van der Waals surface area (Å²) in [6.07, 6.45) is 0. The highest BCUT2D eigenvalue weighted by Gasteiger charge is 2.70. The zero-order chi connectivity index (χ0) is 44.4. The number of hydrogen-bond acceptors (Lipinski definition) is 1. The van der Waals surface area contributed by atoms with E-state index in [1.54, 1.807) is 0 Å². The largest absolute Gasteiger partial charge is 0.310 e. The van der Waals surface area contributed by atoms with E-state index in [1.807, 2.05) is 0 Å². The van der Waals surface area contributed by atoms with Crippen LogP contribution in [0, 0.1) is 0 Å². The molecule has 0 N–H and O–H groups in total. The van der Waals surface area contributed by atoms with Crippen molar-refractivity contribution in [2.24, 2.45) is 0 Å². The van der Waals surface area contributed by atoms with Crippen LogP contribution in [0.3, 0.4) is 0 Å². The molecule has 67 heavy (non-hydrogen) atoms. The Kier molecular flexibility index (Phi) is 8.14. The third-order valence-corrected chi connectivity index (χ3v) is 16.0. The van der Waals surface area contributed by atoms with E-state index in [0.29, 0.717) is 11.8 Å². The molecular weight excluding hydrogens is 807 g/mol. The Morgan fingerprint density at radius 3 is 1.22 bits per heavy atom. The van der Waals surface area contributed by atoms with Crippen molar-refractivity contribution in [3.63, 3.8) is 0 Å². The summed E-state index contributed by atoms with van der Waals surface area (Å²) >= 11 is 0.